The van der Waals surface area contributed by atoms with Crippen molar-refractivity contribution in [1.29, 1.82) is 0 Å². The van der Waals surface area contributed by atoms with Gasteiger partial charge >= 0.3 is 6.03 Å². The molecule has 6 nitrogen and oxygen atoms in total. The number of furan rings is 1. The third kappa shape index (κ3) is 3.63. The van der Waals surface area contributed by atoms with Gasteiger partial charge in [-0.3, -0.25) is 0 Å². The van der Waals surface area contributed by atoms with E-state index in [1.165, 1.54) is 5.69 Å². The molecule has 1 atom stereocenters. The Hall–Kier alpha value is -3.15. The number of urea groups is 1. The van der Waals surface area contributed by atoms with Crippen LogP contribution in [0.2, 0.25) is 0 Å². The fourth-order valence-corrected chi connectivity index (χ4v) is 3.58. The molecule has 1 unspecified atom stereocenters. The van der Waals surface area contributed by atoms with Crippen molar-refractivity contribution in [2.75, 3.05) is 38.2 Å². The molecule has 1 aliphatic rings. The highest BCUT2D eigenvalue weighted by Crippen LogP contribution is 2.31. The van der Waals surface area contributed by atoms with E-state index in [-0.39, 0.29) is 12.1 Å². The average Bonchev–Trinajstić information content (AvgIpc) is 3.19. The topological polar surface area (TPSA) is 58.0 Å². The summed E-state index contributed by atoms with van der Waals surface area (Å²) in [6.07, 6.45) is 0. The number of hydrogen-bond donors (Lipinski definition) is 1. The van der Waals surface area contributed by atoms with Gasteiger partial charge < -0.3 is 24.3 Å². The molecule has 0 bridgehead atoms. The Kier molecular flexibility index (Phi) is 5.10. The molecule has 3 aromatic rings. The number of amides is 2. The zero-order valence-corrected chi connectivity index (χ0v) is 16.2. The van der Waals surface area contributed by atoms with Gasteiger partial charge in [0.05, 0.1) is 13.2 Å². The van der Waals surface area contributed by atoms with E-state index < -0.39 is 0 Å². The lowest BCUT2D eigenvalue weighted by Crippen LogP contribution is -2.52. The zero-order valence-electron chi connectivity index (χ0n) is 16.2. The molecule has 1 N–H and O–H groups in total. The average molecular weight is 379 g/mol. The Bertz CT molecular complexity index is 946. The number of carbonyl (C=O) groups excluding carboxylic acids is 1. The molecule has 2 heterocycles. The lowest BCUT2D eigenvalue weighted by Gasteiger charge is -2.36. The second kappa shape index (κ2) is 7.84. The maximum absolute atomic E-state index is 12.7. The molecule has 0 spiro atoms. The molecular formula is C22H25N3O3. The third-order valence-corrected chi connectivity index (χ3v) is 5.20. The van der Waals surface area contributed by atoms with Crippen molar-refractivity contribution < 1.29 is 13.9 Å². The summed E-state index contributed by atoms with van der Waals surface area (Å²) in [6, 6.07) is 17.7. The Balaban J connectivity index is 1.37. The predicted octanol–water partition coefficient (Wildman–Crippen LogP) is 4.03. The number of anilines is 1. The van der Waals surface area contributed by atoms with Crippen LogP contribution in [0.4, 0.5) is 10.5 Å². The van der Waals surface area contributed by atoms with Crippen molar-refractivity contribution in [1.82, 2.24) is 10.2 Å². The van der Waals surface area contributed by atoms with Crippen molar-refractivity contribution in [2.24, 2.45) is 0 Å². The molecule has 2 aromatic carbocycles. The maximum atomic E-state index is 12.7. The minimum atomic E-state index is -0.225. The molecular weight excluding hydrogens is 354 g/mol. The lowest BCUT2D eigenvalue weighted by molar-refractivity contribution is 0.189. The molecule has 0 saturated carbocycles. The van der Waals surface area contributed by atoms with Crippen LogP contribution in [0, 0.1) is 0 Å². The van der Waals surface area contributed by atoms with Crippen molar-refractivity contribution >= 4 is 22.7 Å². The molecule has 0 radical (unpaired) electrons. The number of rotatable bonds is 4. The first-order valence-electron chi connectivity index (χ1n) is 9.57. The predicted molar refractivity (Wildman–Crippen MR) is 110 cm³/mol. The van der Waals surface area contributed by atoms with Crippen LogP contribution < -0.4 is 15.0 Å². The van der Waals surface area contributed by atoms with Gasteiger partial charge in [0.2, 0.25) is 0 Å². The Morgan fingerprint density at radius 3 is 2.54 bits per heavy atom. The first kappa shape index (κ1) is 18.2. The summed E-state index contributed by atoms with van der Waals surface area (Å²) in [4.78, 5) is 16.9. The summed E-state index contributed by atoms with van der Waals surface area (Å²) in [5, 5.41) is 4.02. The zero-order chi connectivity index (χ0) is 19.5. The first-order chi connectivity index (χ1) is 13.7. The van der Waals surface area contributed by atoms with Gasteiger partial charge in [-0.2, -0.15) is 0 Å². The number of nitrogens with one attached hydrogen (secondary N) is 1. The normalized spacial score (nSPS) is 15.5. The van der Waals surface area contributed by atoms with Gasteiger partial charge in [-0.1, -0.05) is 30.3 Å². The van der Waals surface area contributed by atoms with Crippen molar-refractivity contribution in [3.05, 3.63) is 60.4 Å². The van der Waals surface area contributed by atoms with Gasteiger partial charge in [0, 0.05) is 37.3 Å². The largest absolute Gasteiger partial charge is 0.493 e. The van der Waals surface area contributed by atoms with Crippen LogP contribution in [-0.4, -0.2) is 44.2 Å². The Morgan fingerprint density at radius 1 is 1.07 bits per heavy atom. The highest BCUT2D eigenvalue weighted by molar-refractivity contribution is 5.84. The van der Waals surface area contributed by atoms with Crippen LogP contribution in [0.25, 0.3) is 11.0 Å². The number of piperazine rings is 1. The number of hydrogen-bond acceptors (Lipinski definition) is 4. The minimum absolute atomic E-state index is 0.0624. The molecule has 2 amide bonds. The molecule has 1 fully saturated rings. The summed E-state index contributed by atoms with van der Waals surface area (Å²) in [7, 11) is 1.62. The van der Waals surface area contributed by atoms with Gasteiger partial charge in [-0.15, -0.1) is 0 Å². The van der Waals surface area contributed by atoms with E-state index in [1.807, 2.05) is 54.3 Å². The number of fused-ring (bicyclic) bond motifs is 1. The van der Waals surface area contributed by atoms with E-state index in [1.54, 1.807) is 7.11 Å². The fraction of sp³-hybridized carbons (Fsp3) is 0.318. The summed E-state index contributed by atoms with van der Waals surface area (Å²) in [6.45, 7) is 4.98. The Morgan fingerprint density at radius 2 is 1.82 bits per heavy atom. The van der Waals surface area contributed by atoms with E-state index in [9.17, 15) is 4.79 Å². The third-order valence-electron chi connectivity index (χ3n) is 5.20. The number of carbonyl (C=O) groups is 1. The van der Waals surface area contributed by atoms with Crippen molar-refractivity contribution in [3.63, 3.8) is 0 Å². The highest BCUT2D eigenvalue weighted by Gasteiger charge is 2.23. The van der Waals surface area contributed by atoms with Gasteiger partial charge in [-0.25, -0.2) is 4.79 Å². The van der Waals surface area contributed by atoms with Crippen molar-refractivity contribution in [2.45, 2.75) is 13.0 Å². The minimum Gasteiger partial charge on any atom is -0.493 e. The number of para-hydroxylation sites is 2. The van der Waals surface area contributed by atoms with E-state index in [0.29, 0.717) is 24.4 Å². The van der Waals surface area contributed by atoms with Gasteiger partial charge in [0.1, 0.15) is 5.76 Å². The number of benzene rings is 2. The molecule has 146 valence electrons. The number of nitrogens with zero attached hydrogens (tertiary/aromatic N) is 2. The van der Waals surface area contributed by atoms with Crippen LogP contribution in [0.5, 0.6) is 5.75 Å². The van der Waals surface area contributed by atoms with E-state index in [0.717, 1.165) is 24.2 Å². The summed E-state index contributed by atoms with van der Waals surface area (Å²) >= 11 is 0. The van der Waals surface area contributed by atoms with Crippen LogP contribution in [0.1, 0.15) is 18.7 Å². The highest BCUT2D eigenvalue weighted by atomic mass is 16.5. The SMILES string of the molecule is COc1cccc2cc(C(C)NC(=O)N3CCN(c4ccccc4)CC3)oc12. The van der Waals surface area contributed by atoms with Gasteiger partial charge in [0.25, 0.3) is 0 Å². The maximum Gasteiger partial charge on any atom is 0.318 e. The second-order valence-electron chi connectivity index (χ2n) is 7.01. The Labute approximate surface area is 164 Å². The van der Waals surface area contributed by atoms with Gasteiger partial charge in [0.15, 0.2) is 11.3 Å². The number of ether oxygens (including phenoxy) is 1. The fourth-order valence-electron chi connectivity index (χ4n) is 3.58. The smallest absolute Gasteiger partial charge is 0.318 e. The lowest BCUT2D eigenvalue weighted by atomic mass is 10.2. The molecule has 28 heavy (non-hydrogen) atoms. The molecule has 1 aromatic heterocycles. The summed E-state index contributed by atoms with van der Waals surface area (Å²) in [5.74, 6) is 1.41. The molecule has 6 heteroatoms. The van der Waals surface area contributed by atoms with Crippen LogP contribution in [0.15, 0.2) is 59.0 Å². The van der Waals surface area contributed by atoms with E-state index >= 15 is 0 Å². The van der Waals surface area contributed by atoms with Gasteiger partial charge in [-0.05, 0) is 31.2 Å². The van der Waals surface area contributed by atoms with Crippen LogP contribution in [-0.2, 0) is 0 Å². The molecule has 1 aliphatic heterocycles. The quantitative estimate of drug-likeness (QED) is 0.743. The standard InChI is InChI=1S/C22H25N3O3/c1-16(20-15-17-7-6-10-19(27-2)21(17)28-20)23-22(26)25-13-11-24(12-14-25)18-8-4-3-5-9-18/h3-10,15-16H,11-14H2,1-2H3,(H,23,26). The van der Waals surface area contributed by atoms with Crippen LogP contribution in [0.3, 0.4) is 0 Å². The van der Waals surface area contributed by atoms with E-state index in [2.05, 4.69) is 22.3 Å². The molecule has 0 aliphatic carbocycles. The monoisotopic (exact) mass is 379 g/mol. The number of methoxy groups -OCH3 is 1. The van der Waals surface area contributed by atoms with Crippen molar-refractivity contribution in [3.8, 4) is 5.75 Å². The van der Waals surface area contributed by atoms with Crippen LogP contribution >= 0.6 is 0 Å². The summed E-state index contributed by atoms with van der Waals surface area (Å²) < 4.78 is 11.3. The first-order valence-corrected chi connectivity index (χ1v) is 9.57. The van der Waals surface area contributed by atoms with E-state index in [4.69, 9.17) is 9.15 Å². The molecule has 1 saturated heterocycles. The summed E-state index contributed by atoms with van der Waals surface area (Å²) in [5.41, 5.74) is 1.91. The molecule has 4 rings (SSSR count). The second-order valence-corrected chi connectivity index (χ2v) is 7.01.